The van der Waals surface area contributed by atoms with E-state index >= 15 is 0 Å². The molecular formula is C30H38N+. The number of fused-ring (bicyclic) bond motifs is 1. The summed E-state index contributed by atoms with van der Waals surface area (Å²) in [6.07, 6.45) is 13.8. The zero-order valence-corrected chi connectivity index (χ0v) is 19.7. The molecule has 0 saturated heterocycles. The molecule has 31 heavy (non-hydrogen) atoms. The van der Waals surface area contributed by atoms with E-state index in [9.17, 15) is 0 Å². The second-order valence-corrected chi connectivity index (χ2v) is 10.4. The Morgan fingerprint density at radius 1 is 0.806 bits per heavy atom. The van der Waals surface area contributed by atoms with Crippen molar-refractivity contribution in [2.75, 3.05) is 0 Å². The molecule has 0 N–H and O–H groups in total. The second-order valence-electron chi connectivity index (χ2n) is 10.4. The quantitative estimate of drug-likeness (QED) is 0.386. The van der Waals surface area contributed by atoms with Gasteiger partial charge in [-0.25, -0.2) is 0 Å². The highest BCUT2D eigenvalue weighted by molar-refractivity contribution is 5.94. The third kappa shape index (κ3) is 4.16. The van der Waals surface area contributed by atoms with Gasteiger partial charge in [-0.1, -0.05) is 69.2 Å². The van der Waals surface area contributed by atoms with Crippen molar-refractivity contribution in [3.05, 3.63) is 64.8 Å². The fourth-order valence-electron chi connectivity index (χ4n) is 6.21. The van der Waals surface area contributed by atoms with Crippen LogP contribution < -0.4 is 4.57 Å². The number of aromatic nitrogens is 1. The summed E-state index contributed by atoms with van der Waals surface area (Å²) >= 11 is 0. The van der Waals surface area contributed by atoms with Crippen molar-refractivity contribution in [2.24, 2.45) is 13.0 Å². The van der Waals surface area contributed by atoms with Gasteiger partial charge in [-0.2, -0.15) is 4.57 Å². The van der Waals surface area contributed by atoms with Gasteiger partial charge in [0.2, 0.25) is 5.69 Å². The molecule has 0 unspecified atom stereocenters. The SMILES string of the molecule is Cc1ccc(C2CCCCC2)cc1-c1c2ccc(CC3CCCC3)cc2cc(C)[n+]1C. The topological polar surface area (TPSA) is 3.88 Å². The normalized spacial score (nSPS) is 18.2. The number of pyridine rings is 1. The highest BCUT2D eigenvalue weighted by atomic mass is 14.9. The molecule has 0 spiro atoms. The van der Waals surface area contributed by atoms with Crippen molar-refractivity contribution in [3.8, 4) is 11.3 Å². The van der Waals surface area contributed by atoms with Gasteiger partial charge in [-0.05, 0) is 72.2 Å². The second kappa shape index (κ2) is 8.77. The Morgan fingerprint density at radius 2 is 1.55 bits per heavy atom. The molecule has 3 aromatic rings. The van der Waals surface area contributed by atoms with Crippen molar-refractivity contribution in [1.82, 2.24) is 0 Å². The lowest BCUT2D eigenvalue weighted by molar-refractivity contribution is -0.665. The molecule has 1 heteroatoms. The average molecular weight is 413 g/mol. The van der Waals surface area contributed by atoms with Crippen LogP contribution in [0.1, 0.15) is 86.1 Å². The van der Waals surface area contributed by atoms with E-state index < -0.39 is 0 Å². The predicted octanol–water partition coefficient (Wildman–Crippen LogP) is 7.73. The Hall–Kier alpha value is -2.15. The van der Waals surface area contributed by atoms with E-state index in [2.05, 4.69) is 67.9 Å². The number of rotatable bonds is 4. The molecule has 2 saturated carbocycles. The maximum Gasteiger partial charge on any atom is 0.220 e. The third-order valence-corrected chi connectivity index (χ3v) is 8.19. The van der Waals surface area contributed by atoms with Crippen molar-refractivity contribution < 1.29 is 4.57 Å². The van der Waals surface area contributed by atoms with Crippen LogP contribution in [0, 0.1) is 19.8 Å². The molecule has 1 heterocycles. The zero-order chi connectivity index (χ0) is 21.4. The van der Waals surface area contributed by atoms with E-state index in [1.54, 1.807) is 5.56 Å². The van der Waals surface area contributed by atoms with Crippen molar-refractivity contribution in [2.45, 2.75) is 84.0 Å². The molecule has 0 aliphatic heterocycles. The van der Waals surface area contributed by atoms with Gasteiger partial charge in [0.1, 0.15) is 7.05 Å². The summed E-state index contributed by atoms with van der Waals surface area (Å²) in [4.78, 5) is 0. The molecule has 0 radical (unpaired) electrons. The molecule has 2 aliphatic carbocycles. The van der Waals surface area contributed by atoms with Gasteiger partial charge >= 0.3 is 0 Å². The Bertz CT molecular complexity index is 1080. The third-order valence-electron chi connectivity index (χ3n) is 8.19. The summed E-state index contributed by atoms with van der Waals surface area (Å²) in [5, 5.41) is 2.80. The van der Waals surface area contributed by atoms with Crippen LogP contribution in [-0.2, 0) is 13.5 Å². The average Bonchev–Trinajstić information content (AvgIpc) is 3.29. The molecule has 2 fully saturated rings. The Balaban J connectivity index is 1.59. The molecule has 2 aliphatic rings. The van der Waals surface area contributed by atoms with Crippen LogP contribution >= 0.6 is 0 Å². The molecule has 0 amide bonds. The standard InChI is InChI=1S/C30H38N/c1-21-13-15-26(25-11-5-4-6-12-25)20-29(21)30-28-16-14-24(18-23-9-7-8-10-23)19-27(28)17-22(2)31(30)3/h13-17,19-20,23,25H,4-12,18H2,1-3H3/q+1. The van der Waals surface area contributed by atoms with Gasteiger partial charge in [0.05, 0.1) is 5.39 Å². The van der Waals surface area contributed by atoms with Crippen LogP contribution in [0.2, 0.25) is 0 Å². The van der Waals surface area contributed by atoms with Crippen LogP contribution in [0.4, 0.5) is 0 Å². The van der Waals surface area contributed by atoms with Crippen LogP contribution in [-0.4, -0.2) is 0 Å². The minimum atomic E-state index is 0.743. The molecule has 0 bridgehead atoms. The molecule has 1 nitrogen and oxygen atoms in total. The summed E-state index contributed by atoms with van der Waals surface area (Å²) in [7, 11) is 2.24. The molecule has 0 atom stereocenters. The van der Waals surface area contributed by atoms with E-state index in [0.29, 0.717) is 0 Å². The van der Waals surface area contributed by atoms with E-state index in [0.717, 1.165) is 11.8 Å². The minimum absolute atomic E-state index is 0.743. The van der Waals surface area contributed by atoms with Gasteiger partial charge < -0.3 is 0 Å². The monoisotopic (exact) mass is 412 g/mol. The van der Waals surface area contributed by atoms with Crippen LogP contribution in [0.5, 0.6) is 0 Å². The van der Waals surface area contributed by atoms with Crippen molar-refractivity contribution >= 4 is 10.8 Å². The maximum atomic E-state index is 2.52. The Labute approximate surface area is 188 Å². The minimum Gasteiger partial charge on any atom is -0.198 e. The summed E-state index contributed by atoms with van der Waals surface area (Å²) in [6, 6.07) is 16.9. The fourth-order valence-corrected chi connectivity index (χ4v) is 6.21. The number of aryl methyl sites for hydroxylation is 2. The van der Waals surface area contributed by atoms with Gasteiger partial charge in [-0.15, -0.1) is 0 Å². The first-order valence-corrected chi connectivity index (χ1v) is 12.6. The lowest BCUT2D eigenvalue weighted by Gasteiger charge is -2.23. The Morgan fingerprint density at radius 3 is 2.32 bits per heavy atom. The maximum absolute atomic E-state index is 2.52. The smallest absolute Gasteiger partial charge is 0.198 e. The predicted molar refractivity (Wildman–Crippen MR) is 132 cm³/mol. The largest absolute Gasteiger partial charge is 0.220 e. The number of nitrogens with zero attached hydrogens (tertiary/aromatic N) is 1. The number of benzene rings is 2. The van der Waals surface area contributed by atoms with Crippen LogP contribution in [0.3, 0.4) is 0 Å². The Kier molecular flexibility index (Phi) is 5.87. The molecule has 5 rings (SSSR count). The highest BCUT2D eigenvalue weighted by Gasteiger charge is 2.23. The lowest BCUT2D eigenvalue weighted by Crippen LogP contribution is -2.35. The van der Waals surface area contributed by atoms with E-state index in [-0.39, 0.29) is 0 Å². The lowest BCUT2D eigenvalue weighted by atomic mass is 9.82. The summed E-state index contributed by atoms with van der Waals surface area (Å²) < 4.78 is 2.41. The summed E-state index contributed by atoms with van der Waals surface area (Å²) in [5.74, 6) is 1.64. The van der Waals surface area contributed by atoms with Crippen LogP contribution in [0.25, 0.3) is 22.0 Å². The van der Waals surface area contributed by atoms with Crippen molar-refractivity contribution in [3.63, 3.8) is 0 Å². The molecular weight excluding hydrogens is 374 g/mol. The highest BCUT2D eigenvalue weighted by Crippen LogP contribution is 2.37. The molecule has 162 valence electrons. The van der Waals surface area contributed by atoms with Gasteiger partial charge in [0.15, 0.2) is 5.69 Å². The molecule has 1 aromatic heterocycles. The van der Waals surface area contributed by atoms with E-state index in [1.807, 2.05) is 0 Å². The van der Waals surface area contributed by atoms with Gasteiger partial charge in [-0.3, -0.25) is 0 Å². The molecule has 2 aromatic carbocycles. The first-order chi connectivity index (χ1) is 15.1. The number of hydrogen-bond acceptors (Lipinski definition) is 0. The van der Waals surface area contributed by atoms with Crippen molar-refractivity contribution in [1.29, 1.82) is 0 Å². The van der Waals surface area contributed by atoms with Crippen LogP contribution in [0.15, 0.2) is 42.5 Å². The zero-order valence-electron chi connectivity index (χ0n) is 19.7. The summed E-state index contributed by atoms with van der Waals surface area (Å²) in [5.41, 5.74) is 8.60. The van der Waals surface area contributed by atoms with E-state index in [4.69, 9.17) is 0 Å². The van der Waals surface area contributed by atoms with Gasteiger partial charge in [0, 0.05) is 18.6 Å². The van der Waals surface area contributed by atoms with E-state index in [1.165, 1.54) is 103 Å². The summed E-state index contributed by atoms with van der Waals surface area (Å²) in [6.45, 7) is 4.54. The number of hydrogen-bond donors (Lipinski definition) is 0. The first-order valence-electron chi connectivity index (χ1n) is 12.6. The van der Waals surface area contributed by atoms with Gasteiger partial charge in [0.25, 0.3) is 0 Å². The first kappa shape index (κ1) is 20.7. The fraction of sp³-hybridized carbons (Fsp3) is 0.500.